The zero-order valence-corrected chi connectivity index (χ0v) is 11.3. The fourth-order valence-corrected chi connectivity index (χ4v) is 3.33. The minimum absolute atomic E-state index is 0.0352. The van der Waals surface area contributed by atoms with E-state index in [-0.39, 0.29) is 23.8 Å². The van der Waals surface area contributed by atoms with Gasteiger partial charge < -0.3 is 5.11 Å². The molecule has 2 nitrogen and oxygen atoms in total. The first kappa shape index (κ1) is 13.3. The number of hydrogen-bond donors (Lipinski definition) is 1. The number of pyridine rings is 1. The molecule has 1 unspecified atom stereocenters. The van der Waals surface area contributed by atoms with E-state index in [0.717, 1.165) is 30.5 Å². The lowest BCUT2D eigenvalue weighted by Gasteiger charge is -2.47. The first-order valence-corrected chi connectivity index (χ1v) is 7.04. The Bertz CT molecular complexity index is 581. The van der Waals surface area contributed by atoms with E-state index in [1.54, 1.807) is 18.3 Å². The van der Waals surface area contributed by atoms with Crippen LogP contribution in [0.2, 0.25) is 0 Å². The number of benzene rings is 1. The van der Waals surface area contributed by atoms with Crippen molar-refractivity contribution in [3.05, 3.63) is 65.7 Å². The molecule has 0 saturated heterocycles. The van der Waals surface area contributed by atoms with Crippen LogP contribution in [-0.2, 0) is 5.41 Å². The summed E-state index contributed by atoms with van der Waals surface area (Å²) >= 11 is 0. The first-order chi connectivity index (χ1) is 9.76. The standard InChI is InChI=1S/C17H18FNO/c18-14-6-3-5-13(11-14)17(8-4-9-17)15(12-20)16-7-1-2-10-19-16/h1-3,5-7,10-11,15,20H,4,8-9,12H2. The van der Waals surface area contributed by atoms with Crippen molar-refractivity contribution < 1.29 is 9.50 Å². The van der Waals surface area contributed by atoms with Crippen LogP contribution in [0.25, 0.3) is 0 Å². The quantitative estimate of drug-likeness (QED) is 0.924. The highest BCUT2D eigenvalue weighted by Gasteiger charge is 2.46. The molecule has 0 amide bonds. The number of aliphatic hydroxyl groups is 1. The number of hydrogen-bond acceptors (Lipinski definition) is 2. The van der Waals surface area contributed by atoms with Crippen LogP contribution in [0.3, 0.4) is 0 Å². The van der Waals surface area contributed by atoms with Gasteiger partial charge in [0, 0.05) is 23.2 Å². The molecule has 1 aliphatic rings. The molecule has 0 aliphatic heterocycles. The van der Waals surface area contributed by atoms with Gasteiger partial charge in [0.1, 0.15) is 5.82 Å². The number of nitrogens with zero attached hydrogens (tertiary/aromatic N) is 1. The van der Waals surface area contributed by atoms with Crippen molar-refractivity contribution >= 4 is 0 Å². The van der Waals surface area contributed by atoms with Crippen LogP contribution >= 0.6 is 0 Å². The van der Waals surface area contributed by atoms with Crippen molar-refractivity contribution in [1.29, 1.82) is 0 Å². The Morgan fingerprint density at radius 1 is 1.20 bits per heavy atom. The van der Waals surface area contributed by atoms with Crippen molar-refractivity contribution in [2.24, 2.45) is 0 Å². The molecule has 0 spiro atoms. The SMILES string of the molecule is OCC(c1ccccn1)C1(c2cccc(F)c2)CCC1. The Morgan fingerprint density at radius 3 is 2.60 bits per heavy atom. The van der Waals surface area contributed by atoms with E-state index in [9.17, 15) is 9.50 Å². The van der Waals surface area contributed by atoms with E-state index < -0.39 is 0 Å². The summed E-state index contributed by atoms with van der Waals surface area (Å²) in [4.78, 5) is 4.39. The Balaban J connectivity index is 2.03. The van der Waals surface area contributed by atoms with E-state index in [4.69, 9.17) is 0 Å². The molecule has 1 fully saturated rings. The monoisotopic (exact) mass is 271 g/mol. The molecule has 2 aromatic rings. The summed E-state index contributed by atoms with van der Waals surface area (Å²) < 4.78 is 13.5. The minimum Gasteiger partial charge on any atom is -0.396 e. The maximum atomic E-state index is 13.5. The third kappa shape index (κ3) is 2.12. The highest BCUT2D eigenvalue weighted by atomic mass is 19.1. The zero-order chi connectivity index (χ0) is 14.0. The Hall–Kier alpha value is -1.74. The predicted octanol–water partition coefficient (Wildman–Crippen LogP) is 3.42. The first-order valence-electron chi connectivity index (χ1n) is 7.04. The molecule has 104 valence electrons. The molecule has 1 heterocycles. The van der Waals surface area contributed by atoms with Crippen LogP contribution in [0.1, 0.15) is 36.4 Å². The second-order valence-corrected chi connectivity index (χ2v) is 5.51. The molecule has 1 atom stereocenters. The van der Waals surface area contributed by atoms with Gasteiger partial charge in [-0.15, -0.1) is 0 Å². The molecule has 1 aromatic heterocycles. The second kappa shape index (κ2) is 5.33. The molecule has 0 bridgehead atoms. The molecule has 1 saturated carbocycles. The Morgan fingerprint density at radius 2 is 2.05 bits per heavy atom. The minimum atomic E-state index is -0.216. The molecule has 0 radical (unpaired) electrons. The largest absolute Gasteiger partial charge is 0.396 e. The normalized spacial score (nSPS) is 18.3. The lowest BCUT2D eigenvalue weighted by atomic mass is 9.57. The Kier molecular flexibility index (Phi) is 3.53. The van der Waals surface area contributed by atoms with Gasteiger partial charge in [-0.1, -0.05) is 24.6 Å². The number of aromatic nitrogens is 1. The average molecular weight is 271 g/mol. The molecular weight excluding hydrogens is 253 g/mol. The van der Waals surface area contributed by atoms with Gasteiger partial charge in [0.25, 0.3) is 0 Å². The maximum absolute atomic E-state index is 13.5. The number of halogens is 1. The van der Waals surface area contributed by atoms with Crippen molar-refractivity contribution in [2.45, 2.75) is 30.6 Å². The zero-order valence-electron chi connectivity index (χ0n) is 11.3. The molecule has 1 N–H and O–H groups in total. The maximum Gasteiger partial charge on any atom is 0.123 e. The van der Waals surface area contributed by atoms with E-state index in [1.165, 1.54) is 6.07 Å². The van der Waals surface area contributed by atoms with Gasteiger partial charge in [-0.25, -0.2) is 4.39 Å². The number of aliphatic hydroxyl groups excluding tert-OH is 1. The van der Waals surface area contributed by atoms with Gasteiger partial charge in [0.2, 0.25) is 0 Å². The van der Waals surface area contributed by atoms with E-state index in [0.29, 0.717) is 0 Å². The summed E-state index contributed by atoms with van der Waals surface area (Å²) in [5.74, 6) is -0.286. The fourth-order valence-electron chi connectivity index (χ4n) is 3.33. The molecule has 1 aromatic carbocycles. The smallest absolute Gasteiger partial charge is 0.123 e. The highest BCUT2D eigenvalue weighted by Crippen LogP contribution is 2.52. The van der Waals surface area contributed by atoms with Crippen molar-refractivity contribution in [3.63, 3.8) is 0 Å². The molecule has 20 heavy (non-hydrogen) atoms. The molecular formula is C17H18FNO. The fraction of sp³-hybridized carbons (Fsp3) is 0.353. The van der Waals surface area contributed by atoms with Crippen LogP contribution < -0.4 is 0 Å². The van der Waals surface area contributed by atoms with Crippen molar-refractivity contribution in [3.8, 4) is 0 Å². The molecule has 3 rings (SSSR count). The van der Waals surface area contributed by atoms with E-state index in [1.807, 2.05) is 24.3 Å². The third-order valence-corrected chi connectivity index (χ3v) is 4.54. The highest BCUT2D eigenvalue weighted by molar-refractivity contribution is 5.34. The summed E-state index contributed by atoms with van der Waals surface area (Å²) in [6, 6.07) is 12.5. The third-order valence-electron chi connectivity index (χ3n) is 4.54. The van der Waals surface area contributed by atoms with Crippen LogP contribution in [0.15, 0.2) is 48.7 Å². The van der Waals surface area contributed by atoms with Gasteiger partial charge in [-0.2, -0.15) is 0 Å². The van der Waals surface area contributed by atoms with Gasteiger partial charge >= 0.3 is 0 Å². The van der Waals surface area contributed by atoms with E-state index in [2.05, 4.69) is 4.98 Å². The van der Waals surface area contributed by atoms with Gasteiger partial charge in [0.15, 0.2) is 0 Å². The van der Waals surface area contributed by atoms with E-state index >= 15 is 0 Å². The number of rotatable bonds is 4. The molecule has 3 heteroatoms. The summed E-state index contributed by atoms with van der Waals surface area (Å²) in [6.07, 6.45) is 4.80. The van der Waals surface area contributed by atoms with Crippen LogP contribution in [0.5, 0.6) is 0 Å². The van der Waals surface area contributed by atoms with Crippen molar-refractivity contribution in [1.82, 2.24) is 4.98 Å². The van der Waals surface area contributed by atoms with Crippen molar-refractivity contribution in [2.75, 3.05) is 6.61 Å². The van der Waals surface area contributed by atoms with Crippen LogP contribution in [0.4, 0.5) is 4.39 Å². The molecule has 1 aliphatic carbocycles. The summed E-state index contributed by atoms with van der Waals surface area (Å²) in [7, 11) is 0. The van der Waals surface area contributed by atoms with Crippen LogP contribution in [-0.4, -0.2) is 16.7 Å². The van der Waals surface area contributed by atoms with Gasteiger partial charge in [-0.3, -0.25) is 4.98 Å². The van der Waals surface area contributed by atoms with Gasteiger partial charge in [0.05, 0.1) is 6.61 Å². The average Bonchev–Trinajstić information content (AvgIpc) is 2.43. The summed E-state index contributed by atoms with van der Waals surface area (Å²) in [5, 5.41) is 9.88. The van der Waals surface area contributed by atoms with Crippen LogP contribution in [0, 0.1) is 5.82 Å². The topological polar surface area (TPSA) is 33.1 Å². The predicted molar refractivity (Wildman–Crippen MR) is 76.0 cm³/mol. The lowest BCUT2D eigenvalue weighted by molar-refractivity contribution is 0.130. The lowest BCUT2D eigenvalue weighted by Crippen LogP contribution is -2.42. The summed E-state index contributed by atoms with van der Waals surface area (Å²) in [6.45, 7) is 0.0352. The Labute approximate surface area is 118 Å². The summed E-state index contributed by atoms with van der Waals surface area (Å²) in [5.41, 5.74) is 1.69. The van der Waals surface area contributed by atoms with Gasteiger partial charge in [-0.05, 0) is 42.7 Å². The second-order valence-electron chi connectivity index (χ2n) is 5.51.